The van der Waals surface area contributed by atoms with Crippen molar-refractivity contribution in [3.63, 3.8) is 0 Å². The van der Waals surface area contributed by atoms with Crippen LogP contribution in [-0.4, -0.2) is 13.4 Å². The average Bonchev–Trinajstić information content (AvgIpc) is 2.05. The number of hydrogen-bond acceptors (Lipinski definition) is 0. The first kappa shape index (κ1) is 8.25. The molecule has 1 heteroatoms. The third-order valence-electron chi connectivity index (χ3n) is 1.81. The van der Waals surface area contributed by atoms with Gasteiger partial charge in [0.1, 0.15) is 0 Å². The fourth-order valence-corrected chi connectivity index (χ4v) is 1.05. The number of benzene rings is 1. The Balaban J connectivity index is 3.00. The van der Waals surface area contributed by atoms with Crippen LogP contribution in [0.1, 0.15) is 25.3 Å². The molecular formula is C10H13B. The molecule has 0 aliphatic heterocycles. The van der Waals surface area contributed by atoms with Gasteiger partial charge in [0.05, 0.1) is 0 Å². The summed E-state index contributed by atoms with van der Waals surface area (Å²) in [6.07, 6.45) is 0. The van der Waals surface area contributed by atoms with Crippen molar-refractivity contribution in [2.45, 2.75) is 19.8 Å². The van der Waals surface area contributed by atoms with Crippen LogP contribution >= 0.6 is 0 Å². The third-order valence-corrected chi connectivity index (χ3v) is 1.81. The molecule has 0 aromatic heterocycles. The fourth-order valence-electron chi connectivity index (χ4n) is 1.05. The Bertz CT molecular complexity index is 251. The van der Waals surface area contributed by atoms with Crippen LogP contribution in [0.25, 0.3) is 0 Å². The molecular weight excluding hydrogens is 131 g/mol. The molecule has 11 heavy (non-hydrogen) atoms. The summed E-state index contributed by atoms with van der Waals surface area (Å²) in [4.78, 5) is 0. The van der Waals surface area contributed by atoms with Crippen LogP contribution in [0.15, 0.2) is 24.3 Å². The van der Waals surface area contributed by atoms with Crippen molar-refractivity contribution in [3.8, 4) is 0 Å². The molecule has 1 aromatic carbocycles. The first-order chi connectivity index (χ1) is 5.24. The molecule has 0 atom stereocenters. The summed E-state index contributed by atoms with van der Waals surface area (Å²) in [5.41, 5.74) is 2.58. The molecule has 0 bridgehead atoms. The summed E-state index contributed by atoms with van der Waals surface area (Å²) < 4.78 is 0. The van der Waals surface area contributed by atoms with Gasteiger partial charge in [-0.2, -0.15) is 0 Å². The van der Waals surface area contributed by atoms with Gasteiger partial charge in [-0.25, -0.2) is 0 Å². The van der Waals surface area contributed by atoms with Crippen molar-refractivity contribution >= 4 is 18.9 Å². The summed E-state index contributed by atoms with van der Waals surface area (Å²) >= 11 is 0. The van der Waals surface area contributed by atoms with E-state index in [9.17, 15) is 0 Å². The first-order valence-electron chi connectivity index (χ1n) is 3.96. The molecule has 0 unspecified atom stereocenters. The Morgan fingerprint density at radius 2 is 2.09 bits per heavy atom. The molecule has 0 radical (unpaired) electrons. The molecule has 1 rings (SSSR count). The fraction of sp³-hybridized carbons (Fsp3) is 0.300. The first-order valence-corrected chi connectivity index (χ1v) is 3.96. The molecule has 0 fully saturated rings. The van der Waals surface area contributed by atoms with Gasteiger partial charge in [0.2, 0.25) is 0 Å². The molecule has 0 heterocycles. The minimum absolute atomic E-state index is 0.606. The summed E-state index contributed by atoms with van der Waals surface area (Å²) in [5.74, 6) is 0.606. The third kappa shape index (κ3) is 2.04. The SMILES string of the molecule is C=Bc1cccc(C(C)C)c1. The normalized spacial score (nSPS) is 9.73. The molecule has 0 spiro atoms. The van der Waals surface area contributed by atoms with Gasteiger partial charge in [-0.3, -0.25) is 0 Å². The van der Waals surface area contributed by atoms with Gasteiger partial charge in [0.15, 0.2) is 0 Å². The summed E-state index contributed by atoms with van der Waals surface area (Å²) in [5, 5.41) is 0. The van der Waals surface area contributed by atoms with E-state index in [2.05, 4.69) is 44.6 Å². The van der Waals surface area contributed by atoms with Crippen LogP contribution in [0.3, 0.4) is 0 Å². The predicted octanol–water partition coefficient (Wildman–Crippen LogP) is 1.57. The predicted molar refractivity (Wildman–Crippen MR) is 53.0 cm³/mol. The van der Waals surface area contributed by atoms with Gasteiger partial charge in [0.25, 0.3) is 0 Å². The molecule has 0 N–H and O–H groups in total. The van der Waals surface area contributed by atoms with E-state index in [0.29, 0.717) is 5.92 Å². The molecule has 0 amide bonds. The van der Waals surface area contributed by atoms with Crippen molar-refractivity contribution in [3.05, 3.63) is 29.8 Å². The second-order valence-corrected chi connectivity index (χ2v) is 3.03. The topological polar surface area (TPSA) is 0 Å². The summed E-state index contributed by atoms with van der Waals surface area (Å²) in [7, 11) is 0. The van der Waals surface area contributed by atoms with Gasteiger partial charge in [-0.05, 0) is 0 Å². The zero-order valence-corrected chi connectivity index (χ0v) is 7.17. The molecule has 0 nitrogen and oxygen atoms in total. The quantitative estimate of drug-likeness (QED) is 0.552. The van der Waals surface area contributed by atoms with E-state index in [-0.39, 0.29) is 0 Å². The average molecular weight is 144 g/mol. The molecule has 0 saturated heterocycles. The Hall–Kier alpha value is -0.845. The Kier molecular flexibility index (Phi) is 2.64. The summed E-state index contributed by atoms with van der Waals surface area (Å²) in [6.45, 7) is 10.0. The van der Waals surface area contributed by atoms with Crippen LogP contribution in [0.2, 0.25) is 0 Å². The summed E-state index contributed by atoms with van der Waals surface area (Å²) in [6, 6.07) is 8.47. The van der Waals surface area contributed by atoms with Crippen molar-refractivity contribution in [1.29, 1.82) is 0 Å². The van der Waals surface area contributed by atoms with Crippen molar-refractivity contribution in [2.75, 3.05) is 0 Å². The maximum absolute atomic E-state index is 3.73. The minimum atomic E-state index is 0.606. The van der Waals surface area contributed by atoms with Crippen LogP contribution < -0.4 is 5.46 Å². The van der Waals surface area contributed by atoms with E-state index >= 15 is 0 Å². The van der Waals surface area contributed by atoms with Crippen LogP contribution in [0.4, 0.5) is 0 Å². The van der Waals surface area contributed by atoms with E-state index in [4.69, 9.17) is 0 Å². The van der Waals surface area contributed by atoms with Crippen molar-refractivity contribution in [2.24, 2.45) is 0 Å². The van der Waals surface area contributed by atoms with Gasteiger partial charge in [0, 0.05) is 0 Å². The zero-order chi connectivity index (χ0) is 8.27. The zero-order valence-electron chi connectivity index (χ0n) is 7.17. The Labute approximate surface area is 69.2 Å². The van der Waals surface area contributed by atoms with Crippen LogP contribution in [0, 0.1) is 0 Å². The van der Waals surface area contributed by atoms with Crippen molar-refractivity contribution < 1.29 is 0 Å². The van der Waals surface area contributed by atoms with Gasteiger partial charge >= 0.3 is 68.4 Å². The van der Waals surface area contributed by atoms with Gasteiger partial charge in [-0.15, -0.1) is 0 Å². The van der Waals surface area contributed by atoms with E-state index in [0.717, 1.165) is 0 Å². The molecule has 0 saturated carbocycles. The van der Waals surface area contributed by atoms with E-state index in [1.54, 1.807) is 0 Å². The molecule has 0 aliphatic carbocycles. The van der Waals surface area contributed by atoms with Gasteiger partial charge < -0.3 is 0 Å². The molecule has 0 aliphatic rings. The Morgan fingerprint density at radius 1 is 1.36 bits per heavy atom. The second-order valence-electron chi connectivity index (χ2n) is 3.03. The van der Waals surface area contributed by atoms with Crippen molar-refractivity contribution in [1.82, 2.24) is 0 Å². The standard InChI is InChI=1S/C10H13B/c1-8(2)9-5-4-6-10(7-9)11-3/h4-8H,3H2,1-2H3. The number of hydrogen-bond donors (Lipinski definition) is 0. The van der Waals surface area contributed by atoms with Gasteiger partial charge in [-0.1, -0.05) is 0 Å². The van der Waals surface area contributed by atoms with E-state index in [1.807, 2.05) is 6.92 Å². The second kappa shape index (κ2) is 3.52. The molecule has 1 aromatic rings. The van der Waals surface area contributed by atoms with Crippen LogP contribution in [0.5, 0.6) is 0 Å². The van der Waals surface area contributed by atoms with E-state index in [1.165, 1.54) is 11.0 Å². The number of rotatable bonds is 2. The molecule has 56 valence electrons. The maximum atomic E-state index is 3.73. The van der Waals surface area contributed by atoms with E-state index < -0.39 is 0 Å². The Morgan fingerprint density at radius 3 is 2.64 bits per heavy atom. The van der Waals surface area contributed by atoms with Crippen LogP contribution in [-0.2, 0) is 0 Å². The monoisotopic (exact) mass is 144 g/mol.